The number of ketones is 2. The smallest absolute Gasteiger partial charge is 0.220 e. The van der Waals surface area contributed by atoms with Gasteiger partial charge in [0.25, 0.3) is 0 Å². The van der Waals surface area contributed by atoms with E-state index in [9.17, 15) is 9.59 Å². The van der Waals surface area contributed by atoms with E-state index in [0.29, 0.717) is 29.4 Å². The van der Waals surface area contributed by atoms with Crippen molar-refractivity contribution in [3.63, 3.8) is 0 Å². The fourth-order valence-electron chi connectivity index (χ4n) is 5.04. The molecule has 1 saturated heterocycles. The summed E-state index contributed by atoms with van der Waals surface area (Å²) in [5, 5.41) is 0. The van der Waals surface area contributed by atoms with Gasteiger partial charge in [-0.3, -0.25) is 14.5 Å². The Morgan fingerprint density at radius 3 is 2.59 bits per heavy atom. The van der Waals surface area contributed by atoms with Crippen molar-refractivity contribution in [3.05, 3.63) is 82.6 Å². The molecule has 0 aromatic heterocycles. The van der Waals surface area contributed by atoms with E-state index in [4.69, 9.17) is 14.2 Å². The number of Topliss-reactive ketones (excluding diaryl/α,β-unsaturated/α-hetero) is 1. The standard InChI is InChI=1S/C26H25NO5/c1-30-23-13-20-19(12-24(23)32-16-17-7-4-3-5-8-17)22(29)15-27-10-6-9-18-11-21(28)25(31-2)14-26(18,20)27/h3-5,7-8,11-14H,6,9-10,15-16H2,1-2H3. The van der Waals surface area contributed by atoms with Gasteiger partial charge in [-0.2, -0.15) is 0 Å². The number of methoxy groups -OCH3 is 2. The molecule has 2 aliphatic heterocycles. The van der Waals surface area contributed by atoms with Crippen molar-refractivity contribution in [3.8, 4) is 11.5 Å². The molecule has 6 nitrogen and oxygen atoms in total. The maximum Gasteiger partial charge on any atom is 0.220 e. The third kappa shape index (κ3) is 3.14. The zero-order valence-electron chi connectivity index (χ0n) is 18.2. The average Bonchev–Trinajstić information content (AvgIpc) is 2.82. The summed E-state index contributed by atoms with van der Waals surface area (Å²) in [6, 6.07) is 13.5. The van der Waals surface area contributed by atoms with Gasteiger partial charge >= 0.3 is 0 Å². The first-order chi connectivity index (χ1) is 15.6. The Morgan fingerprint density at radius 2 is 1.84 bits per heavy atom. The Hall–Kier alpha value is -3.38. The maximum atomic E-state index is 13.2. The topological polar surface area (TPSA) is 65.1 Å². The number of carbonyl (C=O) groups is 2. The molecule has 0 bridgehead atoms. The minimum absolute atomic E-state index is 0.0309. The number of rotatable bonds is 5. The van der Waals surface area contributed by atoms with Gasteiger partial charge in [-0.1, -0.05) is 30.3 Å². The number of hydrogen-bond acceptors (Lipinski definition) is 6. The number of piperidine rings is 1. The van der Waals surface area contributed by atoms with Crippen LogP contribution in [0.2, 0.25) is 0 Å². The Morgan fingerprint density at radius 1 is 1.03 bits per heavy atom. The van der Waals surface area contributed by atoms with E-state index in [1.807, 2.05) is 42.5 Å². The van der Waals surface area contributed by atoms with Gasteiger partial charge in [0.15, 0.2) is 23.0 Å². The molecule has 0 saturated carbocycles. The van der Waals surface area contributed by atoms with Crippen molar-refractivity contribution in [1.29, 1.82) is 0 Å². The maximum absolute atomic E-state index is 13.2. The minimum Gasteiger partial charge on any atom is -0.493 e. The Bertz CT molecular complexity index is 1150. The number of hydrogen-bond donors (Lipinski definition) is 0. The van der Waals surface area contributed by atoms with Crippen LogP contribution in [0, 0.1) is 0 Å². The Kier molecular flexibility index (Phi) is 5.10. The molecule has 3 aliphatic rings. The molecule has 2 aromatic carbocycles. The number of carbonyl (C=O) groups excluding carboxylic acids is 2. The second kappa shape index (κ2) is 7.95. The zero-order chi connectivity index (χ0) is 22.3. The number of allylic oxidation sites excluding steroid dienone is 1. The van der Waals surface area contributed by atoms with Crippen LogP contribution in [-0.2, 0) is 21.7 Å². The first-order valence-electron chi connectivity index (χ1n) is 10.8. The van der Waals surface area contributed by atoms with Crippen LogP contribution in [0.1, 0.15) is 34.3 Å². The van der Waals surface area contributed by atoms with Gasteiger partial charge < -0.3 is 14.2 Å². The van der Waals surface area contributed by atoms with Gasteiger partial charge in [0.1, 0.15) is 6.61 Å². The first kappa shape index (κ1) is 20.5. The van der Waals surface area contributed by atoms with Gasteiger partial charge in [0.05, 0.1) is 26.3 Å². The SMILES string of the molecule is COC1=CC23C(=CC1=O)CCCN2CC(=O)c1cc(OCc2ccccc2)c(OC)cc13. The van der Waals surface area contributed by atoms with Crippen molar-refractivity contribution >= 4 is 11.6 Å². The summed E-state index contributed by atoms with van der Waals surface area (Å²) in [4.78, 5) is 27.8. The Balaban J connectivity index is 1.63. The van der Waals surface area contributed by atoms with E-state index in [1.54, 1.807) is 19.3 Å². The van der Waals surface area contributed by atoms with Gasteiger partial charge in [0, 0.05) is 12.1 Å². The molecule has 1 fully saturated rings. The summed E-state index contributed by atoms with van der Waals surface area (Å²) in [7, 11) is 3.10. The van der Waals surface area contributed by atoms with Gasteiger partial charge in [-0.05, 0) is 53.8 Å². The van der Waals surface area contributed by atoms with Crippen LogP contribution in [0.5, 0.6) is 11.5 Å². The van der Waals surface area contributed by atoms with Crippen molar-refractivity contribution in [2.75, 3.05) is 27.3 Å². The lowest BCUT2D eigenvalue weighted by Gasteiger charge is -2.51. The van der Waals surface area contributed by atoms with E-state index in [1.165, 1.54) is 7.11 Å². The third-order valence-corrected chi connectivity index (χ3v) is 6.56. The highest BCUT2D eigenvalue weighted by Crippen LogP contribution is 2.51. The summed E-state index contributed by atoms with van der Waals surface area (Å²) in [6.07, 6.45) is 5.24. The quantitative estimate of drug-likeness (QED) is 0.718. The van der Waals surface area contributed by atoms with Crippen LogP contribution in [-0.4, -0.2) is 43.8 Å². The van der Waals surface area contributed by atoms with Crippen LogP contribution >= 0.6 is 0 Å². The molecule has 1 unspecified atom stereocenters. The van der Waals surface area contributed by atoms with Crippen LogP contribution < -0.4 is 9.47 Å². The summed E-state index contributed by atoms with van der Waals surface area (Å²) in [6.45, 7) is 1.41. The van der Waals surface area contributed by atoms with Crippen LogP contribution in [0.4, 0.5) is 0 Å². The molecule has 1 atom stereocenters. The molecule has 0 radical (unpaired) electrons. The predicted octanol–water partition coefficient (Wildman–Crippen LogP) is 3.80. The normalized spacial score (nSPS) is 22.2. The molecule has 0 N–H and O–H groups in total. The minimum atomic E-state index is -0.689. The lowest BCUT2D eigenvalue weighted by Crippen LogP contribution is -2.56. The second-order valence-electron chi connectivity index (χ2n) is 8.28. The molecular formula is C26H25NO5. The molecular weight excluding hydrogens is 406 g/mol. The fraction of sp³-hybridized carbons (Fsp3) is 0.308. The molecule has 5 rings (SSSR count). The second-order valence-corrected chi connectivity index (χ2v) is 8.28. The highest BCUT2D eigenvalue weighted by atomic mass is 16.5. The molecule has 2 heterocycles. The molecule has 0 amide bonds. The van der Waals surface area contributed by atoms with Gasteiger partial charge in [0.2, 0.25) is 5.78 Å². The van der Waals surface area contributed by atoms with E-state index in [2.05, 4.69) is 4.90 Å². The van der Waals surface area contributed by atoms with Gasteiger partial charge in [-0.15, -0.1) is 0 Å². The van der Waals surface area contributed by atoms with Crippen LogP contribution in [0.15, 0.2) is 65.9 Å². The summed E-state index contributed by atoms with van der Waals surface area (Å²) >= 11 is 0. The van der Waals surface area contributed by atoms with E-state index in [0.717, 1.165) is 36.1 Å². The monoisotopic (exact) mass is 431 g/mol. The first-order valence-corrected chi connectivity index (χ1v) is 10.8. The number of ether oxygens (including phenoxy) is 3. The molecule has 164 valence electrons. The van der Waals surface area contributed by atoms with Crippen molar-refractivity contribution in [1.82, 2.24) is 4.90 Å². The number of nitrogens with zero attached hydrogens (tertiary/aromatic N) is 1. The highest BCUT2D eigenvalue weighted by molar-refractivity contribution is 6.06. The van der Waals surface area contributed by atoms with Crippen molar-refractivity contribution in [2.45, 2.75) is 25.0 Å². The van der Waals surface area contributed by atoms with Gasteiger partial charge in [-0.25, -0.2) is 0 Å². The van der Waals surface area contributed by atoms with E-state index < -0.39 is 5.54 Å². The van der Waals surface area contributed by atoms with Crippen molar-refractivity contribution in [2.24, 2.45) is 0 Å². The lowest BCUT2D eigenvalue weighted by molar-refractivity contribution is -0.114. The molecule has 6 heteroatoms. The predicted molar refractivity (Wildman–Crippen MR) is 119 cm³/mol. The van der Waals surface area contributed by atoms with Crippen LogP contribution in [0.3, 0.4) is 0 Å². The molecule has 1 spiro atoms. The fourth-order valence-corrected chi connectivity index (χ4v) is 5.04. The molecule has 1 aliphatic carbocycles. The summed E-state index contributed by atoms with van der Waals surface area (Å²) < 4.78 is 17.1. The lowest BCUT2D eigenvalue weighted by atomic mass is 9.69. The average molecular weight is 431 g/mol. The van der Waals surface area contributed by atoms with Crippen molar-refractivity contribution < 1.29 is 23.8 Å². The van der Waals surface area contributed by atoms with E-state index in [-0.39, 0.29) is 18.1 Å². The van der Waals surface area contributed by atoms with Crippen LogP contribution in [0.25, 0.3) is 0 Å². The molecule has 2 aromatic rings. The summed E-state index contributed by atoms with van der Waals surface area (Å²) in [5.41, 5.74) is 2.73. The summed E-state index contributed by atoms with van der Waals surface area (Å²) in [5.74, 6) is 1.27. The largest absolute Gasteiger partial charge is 0.493 e. The van der Waals surface area contributed by atoms with E-state index >= 15 is 0 Å². The Labute approximate surface area is 187 Å². The number of fused-ring (bicyclic) bond motifs is 1. The highest BCUT2D eigenvalue weighted by Gasteiger charge is 2.51. The number of benzene rings is 2. The molecule has 32 heavy (non-hydrogen) atoms. The zero-order valence-corrected chi connectivity index (χ0v) is 18.2. The third-order valence-electron chi connectivity index (χ3n) is 6.56.